The van der Waals surface area contributed by atoms with Crippen LogP contribution in [0.3, 0.4) is 0 Å². The molecule has 1 saturated heterocycles. The predicted octanol–water partition coefficient (Wildman–Crippen LogP) is 2.76. The lowest BCUT2D eigenvalue weighted by molar-refractivity contribution is 0.0731. The molecule has 32 heavy (non-hydrogen) atoms. The van der Waals surface area contributed by atoms with Crippen LogP contribution in [0.5, 0.6) is 0 Å². The smallest absolute Gasteiger partial charge is 0.270 e. The number of carbonyl (C=O) groups excluding carboxylic acids is 1. The number of carbonyl (C=O) groups is 1. The monoisotopic (exact) mass is 472 g/mol. The number of thiophene rings is 1. The Morgan fingerprint density at radius 2 is 1.88 bits per heavy atom. The van der Waals surface area contributed by atoms with Gasteiger partial charge in [-0.05, 0) is 43.2 Å². The van der Waals surface area contributed by atoms with Gasteiger partial charge in [0.15, 0.2) is 0 Å². The standard InChI is InChI=1S/C22H24N4O4S2/c27-22(20-14-19(16-6-7-16)24-26(20)17-4-2-1-3-5-17)23-15-18-8-9-21(31-18)32(28,29)25-10-12-30-13-11-25/h1-5,8-9,14,16H,6-7,10-13,15H2,(H,23,27). The number of aromatic nitrogens is 2. The third-order valence-electron chi connectivity index (χ3n) is 5.58. The molecule has 2 aliphatic rings. The highest BCUT2D eigenvalue weighted by atomic mass is 32.2. The number of rotatable bonds is 7. The van der Waals surface area contributed by atoms with E-state index >= 15 is 0 Å². The van der Waals surface area contributed by atoms with Gasteiger partial charge in [0.2, 0.25) is 0 Å². The maximum Gasteiger partial charge on any atom is 0.270 e. The number of hydrogen-bond donors (Lipinski definition) is 1. The molecule has 168 valence electrons. The van der Waals surface area contributed by atoms with Crippen molar-refractivity contribution in [2.75, 3.05) is 26.3 Å². The first-order valence-corrected chi connectivity index (χ1v) is 12.9. The van der Waals surface area contributed by atoms with Crippen molar-refractivity contribution in [2.45, 2.75) is 29.5 Å². The van der Waals surface area contributed by atoms with Crippen LogP contribution in [0.1, 0.15) is 39.8 Å². The number of nitrogens with zero attached hydrogens (tertiary/aromatic N) is 3. The van der Waals surface area contributed by atoms with Crippen molar-refractivity contribution in [1.82, 2.24) is 19.4 Å². The zero-order valence-electron chi connectivity index (χ0n) is 17.4. The van der Waals surface area contributed by atoms with Gasteiger partial charge < -0.3 is 10.1 Å². The predicted molar refractivity (Wildman–Crippen MR) is 121 cm³/mol. The lowest BCUT2D eigenvalue weighted by Gasteiger charge is -2.25. The molecule has 3 aromatic rings. The molecule has 2 aromatic heterocycles. The van der Waals surface area contributed by atoms with Crippen molar-refractivity contribution in [1.29, 1.82) is 0 Å². The van der Waals surface area contributed by atoms with E-state index in [1.165, 1.54) is 15.6 Å². The topological polar surface area (TPSA) is 93.5 Å². The van der Waals surface area contributed by atoms with E-state index in [9.17, 15) is 13.2 Å². The summed E-state index contributed by atoms with van der Waals surface area (Å²) in [5, 5.41) is 7.59. The number of nitrogens with one attached hydrogen (secondary N) is 1. The van der Waals surface area contributed by atoms with Crippen molar-refractivity contribution in [3.05, 3.63) is 64.8 Å². The van der Waals surface area contributed by atoms with E-state index < -0.39 is 10.0 Å². The van der Waals surface area contributed by atoms with Gasteiger partial charge in [-0.1, -0.05) is 18.2 Å². The van der Waals surface area contributed by atoms with Crippen LogP contribution < -0.4 is 5.32 Å². The molecule has 1 aliphatic heterocycles. The fourth-order valence-electron chi connectivity index (χ4n) is 3.67. The normalized spacial score (nSPS) is 17.4. The molecule has 1 saturated carbocycles. The second-order valence-corrected chi connectivity index (χ2v) is 11.2. The molecule has 1 aliphatic carbocycles. The van der Waals surface area contributed by atoms with Crippen molar-refractivity contribution in [3.63, 3.8) is 0 Å². The fourth-order valence-corrected chi connectivity index (χ4v) is 6.53. The quantitative estimate of drug-likeness (QED) is 0.571. The Bertz CT molecular complexity index is 1210. The van der Waals surface area contributed by atoms with Gasteiger partial charge in [0.25, 0.3) is 15.9 Å². The van der Waals surface area contributed by atoms with Crippen LogP contribution in [0, 0.1) is 0 Å². The minimum Gasteiger partial charge on any atom is -0.379 e. The van der Waals surface area contributed by atoms with E-state index in [1.807, 2.05) is 36.4 Å². The van der Waals surface area contributed by atoms with E-state index in [0.29, 0.717) is 37.9 Å². The minimum absolute atomic E-state index is 0.237. The number of amides is 1. The summed E-state index contributed by atoms with van der Waals surface area (Å²) >= 11 is 1.18. The summed E-state index contributed by atoms with van der Waals surface area (Å²) in [6.07, 6.45) is 2.20. The maximum absolute atomic E-state index is 13.0. The lowest BCUT2D eigenvalue weighted by Crippen LogP contribution is -2.40. The highest BCUT2D eigenvalue weighted by molar-refractivity contribution is 7.91. The SMILES string of the molecule is O=C(NCc1ccc(S(=O)(=O)N2CCOCC2)s1)c1cc(C2CC2)nn1-c1ccccc1. The highest BCUT2D eigenvalue weighted by Crippen LogP contribution is 2.39. The average molecular weight is 473 g/mol. The van der Waals surface area contributed by atoms with Gasteiger partial charge in [-0.2, -0.15) is 9.40 Å². The maximum atomic E-state index is 13.0. The van der Waals surface area contributed by atoms with E-state index in [0.717, 1.165) is 29.1 Å². The molecular formula is C22H24N4O4S2. The Labute approximate surface area is 190 Å². The van der Waals surface area contributed by atoms with Crippen molar-refractivity contribution in [2.24, 2.45) is 0 Å². The summed E-state index contributed by atoms with van der Waals surface area (Å²) in [5.74, 6) is 0.191. The number of morpholine rings is 1. The van der Waals surface area contributed by atoms with Gasteiger partial charge in [-0.25, -0.2) is 13.1 Å². The number of ether oxygens (including phenoxy) is 1. The minimum atomic E-state index is -3.53. The third-order valence-corrected chi connectivity index (χ3v) is 9.03. The Morgan fingerprint density at radius 3 is 2.59 bits per heavy atom. The third kappa shape index (κ3) is 4.36. The summed E-state index contributed by atoms with van der Waals surface area (Å²) in [7, 11) is -3.53. The molecule has 3 heterocycles. The summed E-state index contributed by atoms with van der Waals surface area (Å²) in [4.78, 5) is 13.8. The summed E-state index contributed by atoms with van der Waals surface area (Å²) in [6.45, 7) is 1.79. The molecule has 2 fully saturated rings. The average Bonchev–Trinajstić information content (AvgIpc) is 3.39. The van der Waals surface area contributed by atoms with Crippen molar-refractivity contribution in [3.8, 4) is 5.69 Å². The number of hydrogen-bond acceptors (Lipinski definition) is 6. The zero-order valence-corrected chi connectivity index (χ0v) is 19.1. The molecule has 0 radical (unpaired) electrons. The highest BCUT2D eigenvalue weighted by Gasteiger charge is 2.30. The molecule has 5 rings (SSSR count). The number of sulfonamides is 1. The number of para-hydroxylation sites is 1. The molecule has 0 spiro atoms. The largest absolute Gasteiger partial charge is 0.379 e. The second-order valence-electron chi connectivity index (χ2n) is 7.90. The second kappa shape index (κ2) is 8.78. The van der Waals surface area contributed by atoms with Gasteiger partial charge >= 0.3 is 0 Å². The lowest BCUT2D eigenvalue weighted by atomic mass is 10.2. The molecular weight excluding hydrogens is 448 g/mol. The summed E-state index contributed by atoms with van der Waals surface area (Å²) in [6, 6.07) is 14.8. The first-order valence-electron chi connectivity index (χ1n) is 10.6. The fraction of sp³-hybridized carbons (Fsp3) is 0.364. The van der Waals surface area contributed by atoms with Crippen LogP contribution in [0.25, 0.3) is 5.69 Å². The van der Waals surface area contributed by atoms with Crippen LogP contribution in [-0.2, 0) is 21.3 Å². The Hall–Kier alpha value is -2.53. The van der Waals surface area contributed by atoms with E-state index in [2.05, 4.69) is 10.4 Å². The van der Waals surface area contributed by atoms with Crippen molar-refractivity contribution >= 4 is 27.3 Å². The Morgan fingerprint density at radius 1 is 1.12 bits per heavy atom. The zero-order chi connectivity index (χ0) is 22.1. The molecule has 8 nitrogen and oxygen atoms in total. The van der Waals surface area contributed by atoms with Crippen LogP contribution >= 0.6 is 11.3 Å². The van der Waals surface area contributed by atoms with Crippen LogP contribution in [-0.4, -0.2) is 54.7 Å². The summed E-state index contributed by atoms with van der Waals surface area (Å²) < 4.78 is 34.3. The molecule has 0 atom stereocenters. The van der Waals surface area contributed by atoms with Gasteiger partial charge in [-0.15, -0.1) is 11.3 Å². The van der Waals surface area contributed by atoms with E-state index in [-0.39, 0.29) is 16.7 Å². The van der Waals surface area contributed by atoms with Crippen LogP contribution in [0.2, 0.25) is 0 Å². The first-order chi connectivity index (χ1) is 15.5. The van der Waals surface area contributed by atoms with Gasteiger partial charge in [-0.3, -0.25) is 4.79 Å². The van der Waals surface area contributed by atoms with Gasteiger partial charge in [0.1, 0.15) is 9.90 Å². The molecule has 0 bridgehead atoms. The van der Waals surface area contributed by atoms with Gasteiger partial charge in [0, 0.05) is 23.9 Å². The van der Waals surface area contributed by atoms with E-state index in [1.54, 1.807) is 16.8 Å². The summed E-state index contributed by atoms with van der Waals surface area (Å²) in [5.41, 5.74) is 2.25. The van der Waals surface area contributed by atoms with Crippen molar-refractivity contribution < 1.29 is 17.9 Å². The van der Waals surface area contributed by atoms with E-state index in [4.69, 9.17) is 4.74 Å². The first kappa shape index (κ1) is 21.3. The Balaban J connectivity index is 1.31. The molecule has 1 amide bonds. The molecule has 10 heteroatoms. The molecule has 1 aromatic carbocycles. The Kier molecular flexibility index (Phi) is 5.85. The van der Waals surface area contributed by atoms with Gasteiger partial charge in [0.05, 0.1) is 31.1 Å². The molecule has 0 unspecified atom stereocenters. The molecule has 1 N–H and O–H groups in total. The van der Waals surface area contributed by atoms with Crippen LogP contribution in [0.15, 0.2) is 52.7 Å². The van der Waals surface area contributed by atoms with Crippen LogP contribution in [0.4, 0.5) is 0 Å². The number of benzene rings is 1.